The number of halogens is 2. The first-order chi connectivity index (χ1) is 9.02. The molecule has 0 unspecified atom stereocenters. The minimum atomic E-state index is -1.22. The summed E-state index contributed by atoms with van der Waals surface area (Å²) in [4.78, 5) is 14.9. The molecule has 0 aliphatic carbocycles. The summed E-state index contributed by atoms with van der Waals surface area (Å²) >= 11 is 9.35. The van der Waals surface area contributed by atoms with Crippen LogP contribution in [0.25, 0.3) is 11.5 Å². The number of benzene rings is 1. The molecule has 7 heteroatoms. The molecule has 19 heavy (non-hydrogen) atoms. The number of aromatic carboxylic acids is 1. The average Bonchev–Trinajstić information content (AvgIpc) is 2.73. The Bertz CT molecular complexity index is 626. The molecule has 1 N–H and O–H groups in total. The predicted octanol–water partition coefficient (Wildman–Crippen LogP) is 3.85. The van der Waals surface area contributed by atoms with Crippen molar-refractivity contribution in [1.82, 2.24) is 4.98 Å². The number of ether oxygens (including phenoxy) is 1. The highest BCUT2D eigenvalue weighted by atomic mass is 79.9. The maximum atomic E-state index is 11.0. The monoisotopic (exact) mass is 345 g/mol. The molecular weight excluding hydrogens is 337 g/mol. The van der Waals surface area contributed by atoms with Gasteiger partial charge in [0, 0.05) is 4.47 Å². The second-order valence-electron chi connectivity index (χ2n) is 3.52. The van der Waals surface area contributed by atoms with Crippen LogP contribution < -0.4 is 4.74 Å². The normalized spacial score (nSPS) is 10.5. The van der Waals surface area contributed by atoms with Crippen LogP contribution in [-0.2, 0) is 0 Å². The molecule has 5 nitrogen and oxygen atoms in total. The Morgan fingerprint density at radius 3 is 2.89 bits per heavy atom. The SMILES string of the molecule is CCOc1oc(-c2ccc(Br)cc2Cl)nc1C(=O)O. The maximum absolute atomic E-state index is 11.0. The van der Waals surface area contributed by atoms with Gasteiger partial charge < -0.3 is 14.3 Å². The van der Waals surface area contributed by atoms with Crippen molar-refractivity contribution in [3.63, 3.8) is 0 Å². The zero-order chi connectivity index (χ0) is 14.0. The van der Waals surface area contributed by atoms with E-state index < -0.39 is 5.97 Å². The zero-order valence-corrected chi connectivity index (χ0v) is 12.2. The molecule has 100 valence electrons. The highest BCUT2D eigenvalue weighted by Gasteiger charge is 2.22. The third-order valence-corrected chi connectivity index (χ3v) is 3.04. The van der Waals surface area contributed by atoms with Crippen molar-refractivity contribution in [3.05, 3.63) is 33.4 Å². The smallest absolute Gasteiger partial charge is 0.362 e. The van der Waals surface area contributed by atoms with Gasteiger partial charge >= 0.3 is 11.9 Å². The minimum absolute atomic E-state index is 0.110. The van der Waals surface area contributed by atoms with Gasteiger partial charge in [-0.15, -0.1) is 0 Å². The van der Waals surface area contributed by atoms with Gasteiger partial charge in [-0.25, -0.2) is 4.79 Å². The fourth-order valence-corrected chi connectivity index (χ4v) is 2.20. The lowest BCUT2D eigenvalue weighted by molar-refractivity contribution is 0.0683. The molecule has 0 saturated heterocycles. The molecule has 0 aliphatic rings. The van der Waals surface area contributed by atoms with E-state index in [9.17, 15) is 4.79 Å². The molecule has 0 fully saturated rings. The van der Waals surface area contributed by atoms with Gasteiger partial charge in [0.1, 0.15) is 0 Å². The predicted molar refractivity (Wildman–Crippen MR) is 72.8 cm³/mol. The first kappa shape index (κ1) is 13.9. The van der Waals surface area contributed by atoms with Crippen LogP contribution in [-0.4, -0.2) is 22.7 Å². The summed E-state index contributed by atoms with van der Waals surface area (Å²) < 4.78 is 11.2. The van der Waals surface area contributed by atoms with Gasteiger partial charge in [-0.1, -0.05) is 27.5 Å². The highest BCUT2D eigenvalue weighted by molar-refractivity contribution is 9.10. The fraction of sp³-hybridized carbons (Fsp3) is 0.167. The van der Waals surface area contributed by atoms with Crippen LogP contribution in [0, 0.1) is 0 Å². The summed E-state index contributed by atoms with van der Waals surface area (Å²) in [5.41, 5.74) is 0.231. The topological polar surface area (TPSA) is 72.6 Å². The molecule has 0 aliphatic heterocycles. The number of hydrogen-bond donors (Lipinski definition) is 1. The first-order valence-electron chi connectivity index (χ1n) is 5.35. The lowest BCUT2D eigenvalue weighted by Gasteiger charge is -2.00. The number of oxazole rings is 1. The van der Waals surface area contributed by atoms with Crippen LogP contribution in [0.4, 0.5) is 0 Å². The van der Waals surface area contributed by atoms with Crippen molar-refractivity contribution in [1.29, 1.82) is 0 Å². The molecule has 1 aromatic carbocycles. The molecule has 1 heterocycles. The van der Waals surface area contributed by atoms with E-state index >= 15 is 0 Å². The van der Waals surface area contributed by atoms with Crippen molar-refractivity contribution in [2.45, 2.75) is 6.92 Å². The van der Waals surface area contributed by atoms with E-state index in [1.807, 2.05) is 0 Å². The lowest BCUT2D eigenvalue weighted by atomic mass is 10.2. The van der Waals surface area contributed by atoms with E-state index in [2.05, 4.69) is 20.9 Å². The number of aromatic nitrogens is 1. The van der Waals surface area contributed by atoms with Crippen LogP contribution in [0.2, 0.25) is 5.02 Å². The van der Waals surface area contributed by atoms with E-state index in [0.717, 1.165) is 4.47 Å². The van der Waals surface area contributed by atoms with Crippen LogP contribution in [0.15, 0.2) is 27.1 Å². The quantitative estimate of drug-likeness (QED) is 0.910. The summed E-state index contributed by atoms with van der Waals surface area (Å²) in [6, 6.07) is 5.10. The van der Waals surface area contributed by atoms with Gasteiger partial charge in [-0.2, -0.15) is 4.98 Å². The summed E-state index contributed by atoms with van der Waals surface area (Å²) in [7, 11) is 0. The second kappa shape index (κ2) is 5.63. The van der Waals surface area contributed by atoms with Crippen LogP contribution >= 0.6 is 27.5 Å². The Hall–Kier alpha value is -1.53. The Balaban J connectivity index is 2.50. The number of nitrogens with zero attached hydrogens (tertiary/aromatic N) is 1. The third kappa shape index (κ3) is 2.90. The average molecular weight is 347 g/mol. The van der Waals surface area contributed by atoms with Crippen molar-refractivity contribution >= 4 is 33.5 Å². The number of rotatable bonds is 4. The van der Waals surface area contributed by atoms with Gasteiger partial charge in [0.2, 0.25) is 11.6 Å². The Morgan fingerprint density at radius 2 is 2.32 bits per heavy atom. The third-order valence-electron chi connectivity index (χ3n) is 2.24. The van der Waals surface area contributed by atoms with Gasteiger partial charge in [0.15, 0.2) is 0 Å². The largest absolute Gasteiger partial charge is 0.476 e. The van der Waals surface area contributed by atoms with E-state index in [4.69, 9.17) is 25.9 Å². The second-order valence-corrected chi connectivity index (χ2v) is 4.84. The van der Waals surface area contributed by atoms with Crippen LogP contribution in [0.5, 0.6) is 5.95 Å². The minimum Gasteiger partial charge on any atom is -0.476 e. The molecule has 2 aromatic rings. The summed E-state index contributed by atoms with van der Waals surface area (Å²) in [5.74, 6) is -1.23. The zero-order valence-electron chi connectivity index (χ0n) is 9.81. The Labute approximate surface area is 122 Å². The van der Waals surface area contributed by atoms with E-state index in [1.54, 1.807) is 25.1 Å². The molecule has 0 atom stereocenters. The maximum Gasteiger partial charge on any atom is 0.362 e. The fourth-order valence-electron chi connectivity index (χ4n) is 1.45. The van der Waals surface area contributed by atoms with Crippen molar-refractivity contribution in [2.24, 2.45) is 0 Å². The van der Waals surface area contributed by atoms with Gasteiger partial charge in [-0.05, 0) is 25.1 Å². The van der Waals surface area contributed by atoms with Crippen LogP contribution in [0.3, 0.4) is 0 Å². The Kier molecular flexibility index (Phi) is 4.11. The van der Waals surface area contributed by atoms with Gasteiger partial charge in [-0.3, -0.25) is 0 Å². The number of carboxylic acids is 1. The molecule has 0 radical (unpaired) electrons. The molecule has 0 saturated carbocycles. The lowest BCUT2D eigenvalue weighted by Crippen LogP contribution is -2.01. The van der Waals surface area contributed by atoms with Crippen molar-refractivity contribution in [3.8, 4) is 17.4 Å². The van der Waals surface area contributed by atoms with Crippen molar-refractivity contribution < 1.29 is 19.1 Å². The van der Waals surface area contributed by atoms with Crippen molar-refractivity contribution in [2.75, 3.05) is 6.61 Å². The molecule has 2 rings (SSSR count). The Morgan fingerprint density at radius 1 is 1.58 bits per heavy atom. The van der Waals surface area contributed by atoms with Gasteiger partial charge in [0.25, 0.3) is 0 Å². The van der Waals surface area contributed by atoms with Crippen LogP contribution in [0.1, 0.15) is 17.4 Å². The molecule has 0 spiro atoms. The molecule has 1 aromatic heterocycles. The number of carboxylic acid groups (broad SMARTS) is 1. The number of hydrogen-bond acceptors (Lipinski definition) is 4. The standard InChI is InChI=1S/C12H9BrClNO4/c1-2-18-12-9(11(16)17)15-10(19-12)7-4-3-6(13)5-8(7)14/h3-5H,2H2,1H3,(H,16,17). The highest BCUT2D eigenvalue weighted by Crippen LogP contribution is 2.33. The van der Waals surface area contributed by atoms with E-state index in [0.29, 0.717) is 10.6 Å². The van der Waals surface area contributed by atoms with E-state index in [1.165, 1.54) is 0 Å². The molecule has 0 bridgehead atoms. The first-order valence-corrected chi connectivity index (χ1v) is 6.52. The summed E-state index contributed by atoms with van der Waals surface area (Å²) in [5, 5.41) is 9.42. The van der Waals surface area contributed by atoms with Gasteiger partial charge in [0.05, 0.1) is 17.2 Å². The van der Waals surface area contributed by atoms with E-state index in [-0.39, 0.29) is 24.1 Å². The number of carbonyl (C=O) groups is 1. The molecule has 0 amide bonds. The summed E-state index contributed by atoms with van der Waals surface area (Å²) in [6.45, 7) is 2.00. The molecular formula is C12H9BrClNO4. The summed E-state index contributed by atoms with van der Waals surface area (Å²) in [6.07, 6.45) is 0.